The Bertz CT molecular complexity index is 438. The molecule has 0 atom stereocenters. The highest BCUT2D eigenvalue weighted by Gasteiger charge is 2.08. The maximum atomic E-state index is 10.7. The summed E-state index contributed by atoms with van der Waals surface area (Å²) in [6.45, 7) is 2.51. The van der Waals surface area contributed by atoms with Crippen LogP contribution in [0.5, 0.6) is 5.75 Å². The Morgan fingerprint density at radius 1 is 1.10 bits per heavy atom. The molecule has 0 heterocycles. The van der Waals surface area contributed by atoms with Crippen molar-refractivity contribution in [1.29, 1.82) is 0 Å². The molecule has 0 saturated heterocycles. The predicted octanol–water partition coefficient (Wildman–Crippen LogP) is 4.94. The highest BCUT2D eigenvalue weighted by Crippen LogP contribution is 2.23. The SMILES string of the molecule is Cc1cc([N+](=O)[O-])ccc1OCCCCCCCCCS. The van der Waals surface area contributed by atoms with Crippen molar-refractivity contribution in [1.82, 2.24) is 0 Å². The quantitative estimate of drug-likeness (QED) is 0.272. The topological polar surface area (TPSA) is 52.4 Å². The molecule has 0 aliphatic rings. The number of ether oxygens (including phenoxy) is 1. The largest absolute Gasteiger partial charge is 0.493 e. The molecule has 0 saturated carbocycles. The van der Waals surface area contributed by atoms with Gasteiger partial charge in [-0.05, 0) is 37.1 Å². The van der Waals surface area contributed by atoms with Crippen LogP contribution in [0.25, 0.3) is 0 Å². The zero-order valence-corrected chi connectivity index (χ0v) is 13.6. The molecular formula is C16H25NO3S. The molecule has 1 aromatic carbocycles. The molecule has 1 aromatic rings. The van der Waals surface area contributed by atoms with Gasteiger partial charge in [-0.1, -0.05) is 32.1 Å². The van der Waals surface area contributed by atoms with Crippen molar-refractivity contribution in [3.8, 4) is 5.75 Å². The highest BCUT2D eigenvalue weighted by atomic mass is 32.1. The molecule has 0 fully saturated rings. The molecule has 0 unspecified atom stereocenters. The molecule has 0 spiro atoms. The van der Waals surface area contributed by atoms with Crippen molar-refractivity contribution in [2.24, 2.45) is 0 Å². The van der Waals surface area contributed by atoms with Crippen LogP contribution < -0.4 is 4.74 Å². The maximum Gasteiger partial charge on any atom is 0.269 e. The summed E-state index contributed by atoms with van der Waals surface area (Å²) < 4.78 is 5.68. The summed E-state index contributed by atoms with van der Waals surface area (Å²) in [5, 5.41) is 10.7. The zero-order valence-electron chi connectivity index (χ0n) is 12.7. The summed E-state index contributed by atoms with van der Waals surface area (Å²) in [5.74, 6) is 1.73. The molecule has 0 aliphatic heterocycles. The smallest absolute Gasteiger partial charge is 0.269 e. The first kappa shape index (κ1) is 17.8. The van der Waals surface area contributed by atoms with E-state index in [0.29, 0.717) is 6.61 Å². The van der Waals surface area contributed by atoms with E-state index in [9.17, 15) is 10.1 Å². The number of unbranched alkanes of at least 4 members (excludes halogenated alkanes) is 6. The van der Waals surface area contributed by atoms with E-state index in [4.69, 9.17) is 4.74 Å². The van der Waals surface area contributed by atoms with Gasteiger partial charge in [-0.2, -0.15) is 12.6 Å². The summed E-state index contributed by atoms with van der Waals surface area (Å²) >= 11 is 4.20. The maximum absolute atomic E-state index is 10.7. The Morgan fingerprint density at radius 3 is 2.29 bits per heavy atom. The molecular weight excluding hydrogens is 286 g/mol. The normalized spacial score (nSPS) is 10.6. The van der Waals surface area contributed by atoms with Gasteiger partial charge in [-0.15, -0.1) is 0 Å². The molecule has 0 aliphatic carbocycles. The van der Waals surface area contributed by atoms with Crippen LogP contribution in [0.3, 0.4) is 0 Å². The third-order valence-electron chi connectivity index (χ3n) is 3.43. The second-order valence-electron chi connectivity index (χ2n) is 5.25. The van der Waals surface area contributed by atoms with Crippen molar-refractivity contribution in [3.05, 3.63) is 33.9 Å². The summed E-state index contributed by atoms with van der Waals surface area (Å²) in [7, 11) is 0. The van der Waals surface area contributed by atoms with Crippen molar-refractivity contribution in [3.63, 3.8) is 0 Å². The van der Waals surface area contributed by atoms with Gasteiger partial charge in [0.05, 0.1) is 11.5 Å². The molecule has 5 heteroatoms. The summed E-state index contributed by atoms with van der Waals surface area (Å²) in [4.78, 5) is 10.3. The molecule has 118 valence electrons. The molecule has 0 N–H and O–H groups in total. The van der Waals surface area contributed by atoms with Crippen molar-refractivity contribution in [2.45, 2.75) is 51.9 Å². The summed E-state index contributed by atoms with van der Waals surface area (Å²) in [6, 6.07) is 4.73. The van der Waals surface area contributed by atoms with Crippen LogP contribution >= 0.6 is 12.6 Å². The van der Waals surface area contributed by atoms with Gasteiger partial charge in [-0.3, -0.25) is 10.1 Å². The van der Waals surface area contributed by atoms with E-state index < -0.39 is 0 Å². The molecule has 0 aromatic heterocycles. The molecule has 4 nitrogen and oxygen atoms in total. The second kappa shape index (κ2) is 10.5. The third-order valence-corrected chi connectivity index (χ3v) is 3.75. The Balaban J connectivity index is 2.14. The van der Waals surface area contributed by atoms with Gasteiger partial charge in [0, 0.05) is 12.1 Å². The van der Waals surface area contributed by atoms with Gasteiger partial charge >= 0.3 is 0 Å². The summed E-state index contributed by atoms with van der Waals surface area (Å²) in [6.07, 6.45) is 8.52. The average molecular weight is 311 g/mol. The summed E-state index contributed by atoms with van der Waals surface area (Å²) in [5.41, 5.74) is 0.928. The van der Waals surface area contributed by atoms with Crippen LogP contribution in [0.4, 0.5) is 5.69 Å². The number of rotatable bonds is 11. The van der Waals surface area contributed by atoms with Crippen LogP contribution in [-0.4, -0.2) is 17.3 Å². The third kappa shape index (κ3) is 7.37. The number of benzene rings is 1. The first-order valence-electron chi connectivity index (χ1n) is 7.64. The Morgan fingerprint density at radius 2 is 1.71 bits per heavy atom. The van der Waals surface area contributed by atoms with E-state index in [1.54, 1.807) is 12.1 Å². The van der Waals surface area contributed by atoms with Crippen LogP contribution in [0, 0.1) is 17.0 Å². The fraction of sp³-hybridized carbons (Fsp3) is 0.625. The van der Waals surface area contributed by atoms with E-state index in [1.165, 1.54) is 44.6 Å². The average Bonchev–Trinajstić information content (AvgIpc) is 2.46. The number of hydrogen-bond acceptors (Lipinski definition) is 4. The van der Waals surface area contributed by atoms with Gasteiger partial charge in [0.25, 0.3) is 5.69 Å². The van der Waals surface area contributed by atoms with Gasteiger partial charge in [0.2, 0.25) is 0 Å². The fourth-order valence-electron chi connectivity index (χ4n) is 2.19. The monoisotopic (exact) mass is 311 g/mol. The first-order chi connectivity index (χ1) is 10.1. The van der Waals surface area contributed by atoms with E-state index in [1.807, 2.05) is 6.92 Å². The van der Waals surface area contributed by atoms with Crippen LogP contribution in [0.15, 0.2) is 18.2 Å². The van der Waals surface area contributed by atoms with Gasteiger partial charge in [-0.25, -0.2) is 0 Å². The molecule has 0 radical (unpaired) electrons. The lowest BCUT2D eigenvalue weighted by molar-refractivity contribution is -0.384. The van der Waals surface area contributed by atoms with Crippen molar-refractivity contribution < 1.29 is 9.66 Å². The van der Waals surface area contributed by atoms with Crippen LogP contribution in [-0.2, 0) is 0 Å². The Kier molecular flexibility index (Phi) is 8.90. The molecule has 0 bridgehead atoms. The minimum absolute atomic E-state index is 0.112. The van der Waals surface area contributed by atoms with Gasteiger partial charge in [0.15, 0.2) is 0 Å². The fourth-order valence-corrected chi connectivity index (χ4v) is 2.41. The number of non-ortho nitro benzene ring substituents is 1. The number of hydrogen-bond donors (Lipinski definition) is 1. The van der Waals surface area contributed by atoms with E-state index >= 15 is 0 Å². The number of thiol groups is 1. The minimum atomic E-state index is -0.384. The zero-order chi connectivity index (χ0) is 15.5. The lowest BCUT2D eigenvalue weighted by atomic mass is 10.1. The molecule has 0 amide bonds. The van der Waals surface area contributed by atoms with Crippen molar-refractivity contribution >= 4 is 18.3 Å². The Hall–Kier alpha value is -1.23. The number of aryl methyl sites for hydroxylation is 1. The number of nitro groups is 1. The van der Waals surface area contributed by atoms with Gasteiger partial charge in [0.1, 0.15) is 5.75 Å². The Labute approximate surface area is 132 Å². The number of nitro benzene ring substituents is 1. The van der Waals surface area contributed by atoms with Crippen LogP contribution in [0.2, 0.25) is 0 Å². The predicted molar refractivity (Wildman–Crippen MR) is 89.5 cm³/mol. The van der Waals surface area contributed by atoms with E-state index in [-0.39, 0.29) is 10.6 Å². The minimum Gasteiger partial charge on any atom is -0.493 e. The number of nitrogens with zero attached hydrogens (tertiary/aromatic N) is 1. The highest BCUT2D eigenvalue weighted by molar-refractivity contribution is 7.80. The standard InChI is InChI=1S/C16H25NO3S/c1-14-13-15(17(18)19)9-10-16(14)20-11-7-5-3-2-4-6-8-12-21/h9-10,13,21H,2-8,11-12H2,1H3. The lowest BCUT2D eigenvalue weighted by Crippen LogP contribution is -1.99. The lowest BCUT2D eigenvalue weighted by Gasteiger charge is -2.08. The van der Waals surface area contributed by atoms with Gasteiger partial charge < -0.3 is 4.74 Å². The second-order valence-corrected chi connectivity index (χ2v) is 5.70. The first-order valence-corrected chi connectivity index (χ1v) is 8.27. The van der Waals surface area contributed by atoms with Crippen molar-refractivity contribution in [2.75, 3.05) is 12.4 Å². The molecule has 21 heavy (non-hydrogen) atoms. The van der Waals surface area contributed by atoms with E-state index in [0.717, 1.165) is 23.5 Å². The van der Waals surface area contributed by atoms with Crippen LogP contribution in [0.1, 0.15) is 50.5 Å². The molecule has 1 rings (SSSR count). The van der Waals surface area contributed by atoms with E-state index in [2.05, 4.69) is 12.6 Å².